The van der Waals surface area contributed by atoms with E-state index >= 15 is 0 Å². The average Bonchev–Trinajstić information content (AvgIpc) is 3.41. The molecule has 0 radical (unpaired) electrons. The summed E-state index contributed by atoms with van der Waals surface area (Å²) in [6.45, 7) is 4.35. The van der Waals surface area contributed by atoms with E-state index in [1.165, 1.54) is 17.5 Å². The Bertz CT molecular complexity index is 2050. The van der Waals surface area contributed by atoms with Crippen molar-refractivity contribution in [3.05, 3.63) is 138 Å². The molecular weight excluding hydrogens is 555 g/mol. The van der Waals surface area contributed by atoms with E-state index in [4.69, 9.17) is 0 Å². The van der Waals surface area contributed by atoms with Crippen LogP contribution in [-0.4, -0.2) is 34.9 Å². The molecule has 43 heavy (non-hydrogen) atoms. The van der Waals surface area contributed by atoms with E-state index in [0.29, 0.717) is 12.1 Å². The van der Waals surface area contributed by atoms with Crippen molar-refractivity contribution in [3.63, 3.8) is 0 Å². The number of carbonyl (C=O) groups excluding carboxylic acids is 1. The molecule has 1 amide bonds. The van der Waals surface area contributed by atoms with E-state index in [9.17, 15) is 19.3 Å². The van der Waals surface area contributed by atoms with Crippen molar-refractivity contribution in [2.45, 2.75) is 13.1 Å². The number of nitrogens with zero attached hydrogens (tertiary/aromatic N) is 1. The Morgan fingerprint density at radius 2 is 1.49 bits per heavy atom. The summed E-state index contributed by atoms with van der Waals surface area (Å²) in [5.41, 5.74) is 5.23. The van der Waals surface area contributed by atoms with Crippen LogP contribution < -0.4 is 10.6 Å². The number of hydrogen-bond donors (Lipinski definition) is 2. The van der Waals surface area contributed by atoms with Gasteiger partial charge in [-0.2, -0.15) is 0 Å². The number of aromatic carboxylic acids is 1. The predicted octanol–water partition coefficient (Wildman–Crippen LogP) is 7.39. The van der Waals surface area contributed by atoms with Gasteiger partial charge in [-0.25, -0.2) is 4.79 Å². The second-order valence-corrected chi connectivity index (χ2v) is 14.4. The van der Waals surface area contributed by atoms with Crippen molar-refractivity contribution >= 4 is 46.0 Å². The van der Waals surface area contributed by atoms with E-state index in [1.807, 2.05) is 54.7 Å². The van der Waals surface area contributed by atoms with E-state index in [1.54, 1.807) is 25.5 Å². The fourth-order valence-electron chi connectivity index (χ4n) is 5.42. The van der Waals surface area contributed by atoms with Crippen LogP contribution in [-0.2, 0) is 17.7 Å². The third-order valence-corrected chi connectivity index (χ3v) is 9.25. The molecule has 0 fully saturated rings. The summed E-state index contributed by atoms with van der Waals surface area (Å²) >= 11 is 0. The van der Waals surface area contributed by atoms with Gasteiger partial charge in [0, 0.05) is 30.0 Å². The molecule has 6 rings (SSSR count). The van der Waals surface area contributed by atoms with E-state index in [0.717, 1.165) is 43.8 Å². The highest BCUT2D eigenvalue weighted by atomic mass is 31.2. The topological polar surface area (TPSA) is 88.4 Å². The lowest BCUT2D eigenvalue weighted by atomic mass is 9.99. The van der Waals surface area contributed by atoms with Gasteiger partial charge in [0.15, 0.2) is 0 Å². The third-order valence-electron chi connectivity index (χ3n) is 7.73. The molecule has 0 bridgehead atoms. The maximum absolute atomic E-state index is 13.8. The highest BCUT2D eigenvalue weighted by molar-refractivity contribution is 7.70. The number of fused-ring (bicyclic) bond motifs is 2. The van der Waals surface area contributed by atoms with E-state index in [-0.39, 0.29) is 18.0 Å². The van der Waals surface area contributed by atoms with Crippen molar-refractivity contribution in [1.82, 2.24) is 9.88 Å². The molecule has 0 aliphatic carbocycles. The first-order valence-electron chi connectivity index (χ1n) is 14.0. The number of carboxylic acids is 1. The van der Waals surface area contributed by atoms with Crippen molar-refractivity contribution in [2.24, 2.45) is 0 Å². The van der Waals surface area contributed by atoms with Gasteiger partial charge in [0.25, 0.3) is 5.91 Å². The summed E-state index contributed by atoms with van der Waals surface area (Å²) in [6, 6.07) is 34.8. The number of nitrogens with one attached hydrogen (secondary N) is 1. The number of carboxylic acid groups (broad SMARTS) is 1. The van der Waals surface area contributed by atoms with Crippen molar-refractivity contribution in [3.8, 4) is 11.1 Å². The van der Waals surface area contributed by atoms with Crippen LogP contribution in [0.25, 0.3) is 32.8 Å². The average molecular weight is 587 g/mol. The lowest BCUT2D eigenvalue weighted by Crippen LogP contribution is -2.23. The van der Waals surface area contributed by atoms with Crippen LogP contribution >= 0.6 is 7.14 Å². The normalized spacial score (nSPS) is 11.6. The molecule has 0 atom stereocenters. The second kappa shape index (κ2) is 11.4. The molecule has 0 aliphatic heterocycles. The van der Waals surface area contributed by atoms with Crippen molar-refractivity contribution in [1.29, 1.82) is 0 Å². The maximum atomic E-state index is 13.8. The van der Waals surface area contributed by atoms with Gasteiger partial charge in [-0.15, -0.1) is 0 Å². The Kier molecular flexibility index (Phi) is 7.47. The van der Waals surface area contributed by atoms with Crippen LogP contribution in [0.3, 0.4) is 0 Å². The summed E-state index contributed by atoms with van der Waals surface area (Å²) in [6.07, 6.45) is 2.01. The summed E-state index contributed by atoms with van der Waals surface area (Å²) in [4.78, 5) is 25.1. The highest BCUT2D eigenvalue weighted by Crippen LogP contribution is 2.36. The molecule has 2 N–H and O–H groups in total. The van der Waals surface area contributed by atoms with E-state index < -0.39 is 13.1 Å². The minimum atomic E-state index is -2.47. The molecule has 0 aliphatic rings. The van der Waals surface area contributed by atoms with Gasteiger partial charge in [0.1, 0.15) is 7.14 Å². The van der Waals surface area contributed by atoms with Gasteiger partial charge in [-0.3, -0.25) is 4.79 Å². The standard InChI is InChI=1S/C36H31N2O4P/c1-43(2,42)32-9-5-8-29(20-32)31-19-30-16-17-38(23-25-12-13-26-6-3-4-7-28(26)18-25)34(30)33(21-31)35(39)37-22-24-10-14-27(15-11-24)36(40)41/h3-21H,22-23H2,1-2H3,(H,37,39)(H,40,41). The number of hydrogen-bond acceptors (Lipinski definition) is 3. The molecular formula is C36H31N2O4P. The summed E-state index contributed by atoms with van der Waals surface area (Å²) in [5.74, 6) is -1.23. The van der Waals surface area contributed by atoms with Gasteiger partial charge >= 0.3 is 5.97 Å². The fourth-order valence-corrected chi connectivity index (χ4v) is 6.31. The third kappa shape index (κ3) is 6.01. The molecule has 5 aromatic carbocycles. The lowest BCUT2D eigenvalue weighted by molar-refractivity contribution is 0.0696. The van der Waals surface area contributed by atoms with Crippen molar-refractivity contribution in [2.75, 3.05) is 13.3 Å². The van der Waals surface area contributed by atoms with Crippen LogP contribution in [0.2, 0.25) is 0 Å². The maximum Gasteiger partial charge on any atom is 0.335 e. The Labute approximate surface area is 250 Å². The number of amides is 1. The summed E-state index contributed by atoms with van der Waals surface area (Å²) in [7, 11) is -2.47. The first-order chi connectivity index (χ1) is 20.7. The van der Waals surface area contributed by atoms with Crippen molar-refractivity contribution < 1.29 is 19.3 Å². The number of rotatable bonds is 8. The quantitative estimate of drug-likeness (QED) is 0.182. The van der Waals surface area contributed by atoms with E-state index in [2.05, 4.69) is 46.3 Å². The predicted molar refractivity (Wildman–Crippen MR) is 174 cm³/mol. The Morgan fingerprint density at radius 3 is 2.23 bits per heavy atom. The van der Waals surface area contributed by atoms with Gasteiger partial charge in [0.2, 0.25) is 0 Å². The smallest absolute Gasteiger partial charge is 0.335 e. The van der Waals surface area contributed by atoms with Crippen LogP contribution in [0, 0.1) is 0 Å². The molecule has 0 saturated carbocycles. The van der Waals surface area contributed by atoms with Gasteiger partial charge in [-0.1, -0.05) is 66.7 Å². The van der Waals surface area contributed by atoms with Crippen LogP contribution in [0.4, 0.5) is 0 Å². The zero-order valence-electron chi connectivity index (χ0n) is 24.0. The highest BCUT2D eigenvalue weighted by Gasteiger charge is 2.18. The van der Waals surface area contributed by atoms with Crippen LogP contribution in [0.1, 0.15) is 31.8 Å². The van der Waals surface area contributed by atoms with Crippen LogP contribution in [0.5, 0.6) is 0 Å². The minimum Gasteiger partial charge on any atom is -0.478 e. The summed E-state index contributed by atoms with van der Waals surface area (Å²) < 4.78 is 14.9. The molecule has 214 valence electrons. The fraction of sp³-hybridized carbons (Fsp3) is 0.111. The zero-order valence-corrected chi connectivity index (χ0v) is 24.8. The number of benzene rings is 5. The summed E-state index contributed by atoms with van der Waals surface area (Å²) in [5, 5.41) is 16.3. The first-order valence-corrected chi connectivity index (χ1v) is 16.6. The molecule has 6 aromatic rings. The Balaban J connectivity index is 1.40. The molecule has 0 saturated heterocycles. The first kappa shape index (κ1) is 28.2. The molecule has 1 heterocycles. The molecule has 0 unspecified atom stereocenters. The minimum absolute atomic E-state index is 0.196. The monoisotopic (exact) mass is 586 g/mol. The largest absolute Gasteiger partial charge is 0.478 e. The number of aromatic nitrogens is 1. The second-order valence-electron chi connectivity index (χ2n) is 11.2. The number of carbonyl (C=O) groups is 2. The molecule has 1 aromatic heterocycles. The lowest BCUT2D eigenvalue weighted by Gasteiger charge is -2.14. The van der Waals surface area contributed by atoms with Gasteiger partial charge in [0.05, 0.1) is 16.6 Å². The Hall–Kier alpha value is -4.93. The zero-order chi connectivity index (χ0) is 30.1. The molecule has 7 heteroatoms. The van der Waals surface area contributed by atoms with Gasteiger partial charge in [-0.05, 0) is 88.8 Å². The van der Waals surface area contributed by atoms with Crippen LogP contribution in [0.15, 0.2) is 115 Å². The molecule has 0 spiro atoms. The SMILES string of the molecule is CP(C)(=O)c1cccc(-c2cc(C(=O)NCc3ccc(C(=O)O)cc3)c3c(ccn3Cc3ccc4ccccc4c3)c2)c1. The van der Waals surface area contributed by atoms with Gasteiger partial charge < -0.3 is 19.6 Å². The Morgan fingerprint density at radius 1 is 0.744 bits per heavy atom. The molecule has 6 nitrogen and oxygen atoms in total.